The lowest BCUT2D eigenvalue weighted by atomic mass is 10.1. The van der Waals surface area contributed by atoms with Gasteiger partial charge in [0.25, 0.3) is 5.91 Å². The van der Waals surface area contributed by atoms with Gasteiger partial charge in [-0.25, -0.2) is 8.42 Å². The first-order valence-corrected chi connectivity index (χ1v) is 11.4. The Labute approximate surface area is 182 Å². The Balaban J connectivity index is 1.93. The highest BCUT2D eigenvalue weighted by atomic mass is 32.2. The molecular formula is C22H26N2O6S. The Bertz CT molecular complexity index is 1030. The summed E-state index contributed by atoms with van der Waals surface area (Å²) in [6, 6.07) is 13.7. The van der Waals surface area contributed by atoms with E-state index in [-0.39, 0.29) is 36.6 Å². The predicted octanol–water partition coefficient (Wildman–Crippen LogP) is 1.83. The van der Waals surface area contributed by atoms with Crippen LogP contribution in [0.5, 0.6) is 0 Å². The Kier molecular flexibility index (Phi) is 7.42. The quantitative estimate of drug-likeness (QED) is 0.603. The summed E-state index contributed by atoms with van der Waals surface area (Å²) in [6.07, 6.45) is 0. The van der Waals surface area contributed by atoms with Gasteiger partial charge >= 0.3 is 5.97 Å². The van der Waals surface area contributed by atoms with E-state index in [1.807, 2.05) is 30.3 Å². The molecule has 0 bridgehead atoms. The van der Waals surface area contributed by atoms with Crippen molar-refractivity contribution >= 4 is 21.9 Å². The van der Waals surface area contributed by atoms with Crippen LogP contribution in [0.1, 0.15) is 21.5 Å². The highest BCUT2D eigenvalue weighted by Gasteiger charge is 2.28. The zero-order valence-corrected chi connectivity index (χ0v) is 18.4. The average molecular weight is 447 g/mol. The molecule has 1 fully saturated rings. The highest BCUT2D eigenvalue weighted by molar-refractivity contribution is 7.89. The molecule has 1 saturated heterocycles. The molecule has 0 N–H and O–H groups in total. The Morgan fingerprint density at radius 2 is 1.77 bits per heavy atom. The van der Waals surface area contributed by atoms with E-state index in [1.165, 1.54) is 28.4 Å². The number of carbonyl (C=O) groups is 2. The van der Waals surface area contributed by atoms with Crippen LogP contribution in [0.2, 0.25) is 0 Å². The zero-order chi connectivity index (χ0) is 22.4. The molecule has 8 nitrogen and oxygen atoms in total. The molecule has 0 aliphatic carbocycles. The fourth-order valence-corrected chi connectivity index (χ4v) is 4.76. The second-order valence-electron chi connectivity index (χ2n) is 7.22. The van der Waals surface area contributed by atoms with Gasteiger partial charge in [0.15, 0.2) is 0 Å². The number of ether oxygens (including phenoxy) is 2. The van der Waals surface area contributed by atoms with E-state index in [0.29, 0.717) is 18.8 Å². The largest absolute Gasteiger partial charge is 0.468 e. The lowest BCUT2D eigenvalue weighted by Gasteiger charge is -2.27. The van der Waals surface area contributed by atoms with Gasteiger partial charge in [0.1, 0.15) is 6.54 Å². The van der Waals surface area contributed by atoms with E-state index >= 15 is 0 Å². The van der Waals surface area contributed by atoms with Gasteiger partial charge in [0, 0.05) is 25.2 Å². The van der Waals surface area contributed by atoms with Gasteiger partial charge in [-0.15, -0.1) is 0 Å². The highest BCUT2D eigenvalue weighted by Crippen LogP contribution is 2.22. The van der Waals surface area contributed by atoms with Crippen molar-refractivity contribution in [3.63, 3.8) is 0 Å². The van der Waals surface area contributed by atoms with Crippen LogP contribution < -0.4 is 0 Å². The molecule has 2 aromatic carbocycles. The summed E-state index contributed by atoms with van der Waals surface area (Å²) in [6.45, 7) is 2.88. The average Bonchev–Trinajstić information content (AvgIpc) is 2.79. The van der Waals surface area contributed by atoms with Crippen LogP contribution in [-0.4, -0.2) is 69.5 Å². The van der Waals surface area contributed by atoms with E-state index in [0.717, 1.165) is 5.56 Å². The molecule has 2 aromatic rings. The maximum Gasteiger partial charge on any atom is 0.325 e. The van der Waals surface area contributed by atoms with Crippen molar-refractivity contribution < 1.29 is 27.5 Å². The molecule has 3 rings (SSSR count). The lowest BCUT2D eigenvalue weighted by molar-refractivity contribution is -0.141. The summed E-state index contributed by atoms with van der Waals surface area (Å²) < 4.78 is 37.4. The van der Waals surface area contributed by atoms with Crippen LogP contribution in [0.25, 0.3) is 0 Å². The summed E-state index contributed by atoms with van der Waals surface area (Å²) in [7, 11) is -2.50. The van der Waals surface area contributed by atoms with Crippen LogP contribution in [0.3, 0.4) is 0 Å². The summed E-state index contributed by atoms with van der Waals surface area (Å²) in [4.78, 5) is 26.7. The van der Waals surface area contributed by atoms with E-state index in [1.54, 1.807) is 13.0 Å². The molecule has 1 heterocycles. The number of hydrogen-bond donors (Lipinski definition) is 0. The molecule has 0 saturated carbocycles. The maximum absolute atomic E-state index is 13.4. The summed E-state index contributed by atoms with van der Waals surface area (Å²) in [5.74, 6) is -0.996. The maximum atomic E-state index is 13.4. The first-order valence-electron chi connectivity index (χ1n) is 9.91. The first-order chi connectivity index (χ1) is 14.8. The van der Waals surface area contributed by atoms with E-state index in [9.17, 15) is 18.0 Å². The zero-order valence-electron chi connectivity index (χ0n) is 17.6. The fraction of sp³-hybridized carbons (Fsp3) is 0.364. The minimum Gasteiger partial charge on any atom is -0.468 e. The molecule has 0 atom stereocenters. The molecule has 1 aliphatic rings. The molecule has 166 valence electrons. The van der Waals surface area contributed by atoms with Gasteiger partial charge in [-0.1, -0.05) is 36.4 Å². The number of aryl methyl sites for hydroxylation is 1. The monoisotopic (exact) mass is 446 g/mol. The minimum absolute atomic E-state index is 0.0427. The van der Waals surface area contributed by atoms with Gasteiger partial charge in [-0.05, 0) is 30.2 Å². The third kappa shape index (κ3) is 5.49. The van der Waals surface area contributed by atoms with Crippen molar-refractivity contribution in [1.29, 1.82) is 0 Å². The second kappa shape index (κ2) is 10.0. The van der Waals surface area contributed by atoms with E-state index < -0.39 is 21.9 Å². The van der Waals surface area contributed by atoms with Gasteiger partial charge in [0.2, 0.25) is 10.0 Å². The first kappa shape index (κ1) is 22.9. The molecule has 0 aromatic heterocycles. The van der Waals surface area contributed by atoms with Crippen molar-refractivity contribution in [2.45, 2.75) is 18.4 Å². The van der Waals surface area contributed by atoms with Gasteiger partial charge in [-0.2, -0.15) is 4.31 Å². The number of carbonyl (C=O) groups excluding carboxylic acids is 2. The molecule has 0 unspecified atom stereocenters. The number of amides is 1. The predicted molar refractivity (Wildman–Crippen MR) is 114 cm³/mol. The molecule has 31 heavy (non-hydrogen) atoms. The molecule has 0 spiro atoms. The van der Waals surface area contributed by atoms with Gasteiger partial charge in [0.05, 0.1) is 25.2 Å². The van der Waals surface area contributed by atoms with Crippen LogP contribution in [0.4, 0.5) is 0 Å². The van der Waals surface area contributed by atoms with Gasteiger partial charge < -0.3 is 14.4 Å². The van der Waals surface area contributed by atoms with E-state index in [2.05, 4.69) is 0 Å². The smallest absolute Gasteiger partial charge is 0.325 e. The number of hydrogen-bond acceptors (Lipinski definition) is 6. The second-order valence-corrected chi connectivity index (χ2v) is 9.15. The third-order valence-electron chi connectivity index (χ3n) is 5.10. The molecule has 1 aliphatic heterocycles. The number of sulfonamides is 1. The Hall–Kier alpha value is -2.75. The van der Waals surface area contributed by atoms with Crippen LogP contribution >= 0.6 is 0 Å². The number of nitrogens with zero attached hydrogens (tertiary/aromatic N) is 2. The number of esters is 1. The van der Waals surface area contributed by atoms with Crippen molar-refractivity contribution in [2.24, 2.45) is 0 Å². The van der Waals surface area contributed by atoms with Crippen molar-refractivity contribution in [3.8, 4) is 0 Å². The molecular weight excluding hydrogens is 420 g/mol. The van der Waals surface area contributed by atoms with Crippen LogP contribution in [0.15, 0.2) is 53.4 Å². The van der Waals surface area contributed by atoms with Crippen LogP contribution in [-0.2, 0) is 30.8 Å². The Morgan fingerprint density at radius 1 is 1.10 bits per heavy atom. The topological polar surface area (TPSA) is 93.2 Å². The standard InChI is InChI=1S/C22H26N2O6S/c1-17-8-9-19(31(27,28)24-10-12-30-13-11-24)14-20(17)22(26)23(16-21(25)29-2)15-18-6-4-3-5-7-18/h3-9,14H,10-13,15-16H2,1-2H3. The number of morpholine rings is 1. The van der Waals surface area contributed by atoms with Gasteiger partial charge in [-0.3, -0.25) is 9.59 Å². The normalized spacial score (nSPS) is 14.8. The third-order valence-corrected chi connectivity index (χ3v) is 6.99. The van der Waals surface area contributed by atoms with Crippen molar-refractivity contribution in [1.82, 2.24) is 9.21 Å². The SMILES string of the molecule is COC(=O)CN(Cc1ccccc1)C(=O)c1cc(S(=O)(=O)N2CCOCC2)ccc1C. The summed E-state index contributed by atoms with van der Waals surface area (Å²) in [5.41, 5.74) is 1.69. The molecule has 1 amide bonds. The molecule has 9 heteroatoms. The van der Waals surface area contributed by atoms with Crippen molar-refractivity contribution in [3.05, 3.63) is 65.2 Å². The fourth-order valence-electron chi connectivity index (χ4n) is 3.32. The minimum atomic E-state index is -3.76. The lowest BCUT2D eigenvalue weighted by Crippen LogP contribution is -2.40. The number of benzene rings is 2. The van der Waals surface area contributed by atoms with Crippen molar-refractivity contribution in [2.75, 3.05) is 40.0 Å². The molecule has 0 radical (unpaired) electrons. The van der Waals surface area contributed by atoms with E-state index in [4.69, 9.17) is 9.47 Å². The summed E-state index contributed by atoms with van der Waals surface area (Å²) >= 11 is 0. The van der Waals surface area contributed by atoms with Crippen LogP contribution in [0, 0.1) is 6.92 Å². The summed E-state index contributed by atoms with van der Waals surface area (Å²) in [5, 5.41) is 0. The number of methoxy groups -OCH3 is 1. The number of rotatable bonds is 7. The Morgan fingerprint density at radius 3 is 2.42 bits per heavy atom.